The summed E-state index contributed by atoms with van der Waals surface area (Å²) in [6.07, 6.45) is -9.73. The minimum Gasteiger partial charge on any atom is -0.394 e. The summed E-state index contributed by atoms with van der Waals surface area (Å²) >= 11 is 1.42. The van der Waals surface area contributed by atoms with Crippen LogP contribution in [-0.4, -0.2) is 105 Å². The molecule has 130 valence electrons. The van der Waals surface area contributed by atoms with Crippen molar-refractivity contribution in [3.8, 4) is 0 Å². The van der Waals surface area contributed by atoms with Crippen LogP contribution in [0.25, 0.3) is 0 Å². The van der Waals surface area contributed by atoms with Crippen molar-refractivity contribution >= 4 is 11.8 Å². The topological polar surface area (TPSA) is 149 Å². The van der Waals surface area contributed by atoms with Gasteiger partial charge in [0.15, 0.2) is 12.6 Å². The third kappa shape index (κ3) is 3.56. The van der Waals surface area contributed by atoms with Crippen LogP contribution in [0.5, 0.6) is 0 Å². The van der Waals surface area contributed by atoms with Crippen LogP contribution >= 0.6 is 11.8 Å². The fraction of sp³-hybridized carbons (Fsp3) is 1.00. The quantitative estimate of drug-likeness (QED) is 0.299. The molecule has 0 bridgehead atoms. The predicted molar refractivity (Wildman–Crippen MR) is 73.9 cm³/mol. The number of thioether (sulfide) groups is 1. The van der Waals surface area contributed by atoms with E-state index < -0.39 is 61.9 Å². The molecule has 0 amide bonds. The first-order valence-electron chi connectivity index (χ1n) is 6.87. The number of ether oxygens (including phenoxy) is 3. The van der Waals surface area contributed by atoms with Gasteiger partial charge in [-0.25, -0.2) is 0 Å². The van der Waals surface area contributed by atoms with Gasteiger partial charge in [0.2, 0.25) is 0 Å². The van der Waals surface area contributed by atoms with Gasteiger partial charge in [-0.1, -0.05) is 0 Å². The van der Waals surface area contributed by atoms with Crippen LogP contribution in [0.4, 0.5) is 0 Å². The maximum atomic E-state index is 9.96. The molecule has 2 saturated heterocycles. The normalized spacial score (nSPS) is 49.5. The third-order valence-corrected chi connectivity index (χ3v) is 4.44. The van der Waals surface area contributed by atoms with Crippen LogP contribution in [0, 0.1) is 0 Å². The maximum absolute atomic E-state index is 9.96. The molecule has 22 heavy (non-hydrogen) atoms. The first-order valence-corrected chi connectivity index (χ1v) is 8.26. The van der Waals surface area contributed by atoms with E-state index in [2.05, 4.69) is 0 Å². The molecule has 9 atom stereocenters. The molecule has 0 aromatic heterocycles. The van der Waals surface area contributed by atoms with Crippen LogP contribution < -0.4 is 0 Å². The van der Waals surface area contributed by atoms with Gasteiger partial charge in [0.1, 0.15) is 36.6 Å². The van der Waals surface area contributed by atoms with Gasteiger partial charge < -0.3 is 44.8 Å². The Morgan fingerprint density at radius 2 is 1.59 bits per heavy atom. The molecular weight excluding hydrogens is 320 g/mol. The predicted octanol–water partition coefficient (Wildman–Crippen LogP) is -3.39. The lowest BCUT2D eigenvalue weighted by atomic mass is 9.99. The van der Waals surface area contributed by atoms with Gasteiger partial charge in [-0.05, 0) is 6.26 Å². The number of hydrogen-bond acceptors (Lipinski definition) is 10. The Bertz CT molecular complexity index is 357. The summed E-state index contributed by atoms with van der Waals surface area (Å²) in [7, 11) is 0. The van der Waals surface area contributed by atoms with Crippen LogP contribution in [0.1, 0.15) is 0 Å². The van der Waals surface area contributed by atoms with E-state index in [1.54, 1.807) is 0 Å². The molecular formula is C12H22O9S. The van der Waals surface area contributed by atoms with Crippen molar-refractivity contribution in [2.24, 2.45) is 0 Å². The summed E-state index contributed by atoms with van der Waals surface area (Å²) in [6, 6.07) is 0. The Kier molecular flexibility index (Phi) is 6.42. The van der Waals surface area contributed by atoms with E-state index in [4.69, 9.17) is 14.2 Å². The van der Waals surface area contributed by atoms with E-state index >= 15 is 0 Å². The van der Waals surface area contributed by atoms with E-state index in [1.807, 2.05) is 6.26 Å². The average Bonchev–Trinajstić information content (AvgIpc) is 2.76. The highest BCUT2D eigenvalue weighted by Gasteiger charge is 2.49. The molecule has 10 heteroatoms. The minimum absolute atomic E-state index is 0.437. The van der Waals surface area contributed by atoms with Gasteiger partial charge in [-0.2, -0.15) is 11.8 Å². The van der Waals surface area contributed by atoms with Crippen molar-refractivity contribution in [1.29, 1.82) is 0 Å². The zero-order valence-corrected chi connectivity index (χ0v) is 12.7. The second-order valence-electron chi connectivity index (χ2n) is 5.31. The molecule has 2 rings (SSSR count). The third-order valence-electron chi connectivity index (χ3n) is 3.78. The van der Waals surface area contributed by atoms with Gasteiger partial charge >= 0.3 is 0 Å². The highest BCUT2D eigenvalue weighted by atomic mass is 32.2. The molecule has 0 aromatic carbocycles. The SMILES string of the molecule is CSC[C@H]1O[C@@H](O[C@H]2C(CO)O[C@@H](O)C(O)[C@H]2O)[C@@H](O)C1O. The highest BCUT2D eigenvalue weighted by Crippen LogP contribution is 2.29. The van der Waals surface area contributed by atoms with Crippen molar-refractivity contribution in [1.82, 2.24) is 0 Å². The molecule has 2 fully saturated rings. The standard InChI is InChI=1S/C12H22O9S/c1-22-3-5-6(14)9(17)12(20-5)21-10-4(2-13)19-11(18)8(16)7(10)15/h4-18H,2-3H2,1H3/t4?,5-,6?,7-,8?,9+,10+,11-,12+/m1/s1. The van der Waals surface area contributed by atoms with E-state index in [0.717, 1.165) is 0 Å². The van der Waals surface area contributed by atoms with Crippen molar-refractivity contribution in [3.63, 3.8) is 0 Å². The summed E-state index contributed by atoms with van der Waals surface area (Å²) < 4.78 is 15.7. The zero-order chi connectivity index (χ0) is 16.4. The van der Waals surface area contributed by atoms with Gasteiger partial charge in [-0.15, -0.1) is 0 Å². The van der Waals surface area contributed by atoms with Crippen LogP contribution in [0.3, 0.4) is 0 Å². The van der Waals surface area contributed by atoms with E-state index in [1.165, 1.54) is 11.8 Å². The fourth-order valence-corrected chi connectivity index (χ4v) is 3.12. The molecule has 0 aliphatic carbocycles. The molecule has 0 radical (unpaired) electrons. The van der Waals surface area contributed by atoms with Gasteiger partial charge in [0.25, 0.3) is 0 Å². The maximum Gasteiger partial charge on any atom is 0.187 e. The van der Waals surface area contributed by atoms with Gasteiger partial charge in [0, 0.05) is 5.75 Å². The Balaban J connectivity index is 2.04. The Labute approximate surface area is 131 Å². The Hall–Kier alpha value is -0.0100. The molecule has 3 unspecified atom stereocenters. The zero-order valence-electron chi connectivity index (χ0n) is 11.9. The van der Waals surface area contributed by atoms with Gasteiger partial charge in [-0.3, -0.25) is 0 Å². The second kappa shape index (κ2) is 7.71. The van der Waals surface area contributed by atoms with E-state index in [0.29, 0.717) is 5.75 Å². The monoisotopic (exact) mass is 342 g/mol. The number of aliphatic hydroxyl groups is 6. The van der Waals surface area contributed by atoms with Crippen molar-refractivity contribution in [2.45, 2.75) is 55.3 Å². The lowest BCUT2D eigenvalue weighted by molar-refractivity contribution is -0.320. The molecule has 6 N–H and O–H groups in total. The Morgan fingerprint density at radius 1 is 0.909 bits per heavy atom. The number of rotatable bonds is 5. The molecule has 2 heterocycles. The fourth-order valence-electron chi connectivity index (χ4n) is 2.52. The Morgan fingerprint density at radius 3 is 2.18 bits per heavy atom. The van der Waals surface area contributed by atoms with Gasteiger partial charge in [0.05, 0.1) is 12.7 Å². The summed E-state index contributed by atoms with van der Waals surface area (Å²) in [5.41, 5.74) is 0. The average molecular weight is 342 g/mol. The lowest BCUT2D eigenvalue weighted by Crippen LogP contribution is -2.60. The molecule has 0 aromatic rings. The smallest absolute Gasteiger partial charge is 0.187 e. The summed E-state index contributed by atoms with van der Waals surface area (Å²) in [4.78, 5) is 0. The number of hydrogen-bond donors (Lipinski definition) is 6. The largest absolute Gasteiger partial charge is 0.394 e. The number of aliphatic hydroxyl groups excluding tert-OH is 6. The summed E-state index contributed by atoms with van der Waals surface area (Å²) in [6.45, 7) is -0.578. The van der Waals surface area contributed by atoms with Crippen molar-refractivity contribution in [2.75, 3.05) is 18.6 Å². The van der Waals surface area contributed by atoms with Crippen molar-refractivity contribution < 1.29 is 44.8 Å². The van der Waals surface area contributed by atoms with E-state index in [9.17, 15) is 30.6 Å². The lowest BCUT2D eigenvalue weighted by Gasteiger charge is -2.41. The summed E-state index contributed by atoms with van der Waals surface area (Å²) in [5, 5.41) is 58.0. The molecule has 2 aliphatic rings. The minimum atomic E-state index is -1.66. The molecule has 2 aliphatic heterocycles. The van der Waals surface area contributed by atoms with Crippen LogP contribution in [-0.2, 0) is 14.2 Å². The molecule has 9 nitrogen and oxygen atoms in total. The molecule has 0 saturated carbocycles. The van der Waals surface area contributed by atoms with Crippen LogP contribution in [0.2, 0.25) is 0 Å². The van der Waals surface area contributed by atoms with Crippen molar-refractivity contribution in [3.05, 3.63) is 0 Å². The van der Waals surface area contributed by atoms with E-state index in [-0.39, 0.29) is 0 Å². The molecule has 0 spiro atoms. The highest BCUT2D eigenvalue weighted by molar-refractivity contribution is 7.98. The summed E-state index contributed by atoms with van der Waals surface area (Å²) in [5.74, 6) is 0.437. The first kappa shape index (κ1) is 18.3. The van der Waals surface area contributed by atoms with Crippen LogP contribution in [0.15, 0.2) is 0 Å². The second-order valence-corrected chi connectivity index (χ2v) is 6.22. The first-order chi connectivity index (χ1) is 10.4.